The van der Waals surface area contributed by atoms with Gasteiger partial charge < -0.3 is 21.9 Å². The van der Waals surface area contributed by atoms with Gasteiger partial charge in [0, 0.05) is 30.5 Å². The molecule has 0 aliphatic carbocycles. The van der Waals surface area contributed by atoms with Gasteiger partial charge in [0.05, 0.1) is 14.2 Å². The first-order chi connectivity index (χ1) is 10.6. The van der Waals surface area contributed by atoms with Crippen molar-refractivity contribution in [2.75, 3.05) is 14.2 Å². The second-order valence-corrected chi connectivity index (χ2v) is 5.21. The Morgan fingerprint density at radius 3 is 2.30 bits per heavy atom. The quantitative estimate of drug-likeness (QED) is 0.527. The van der Waals surface area contributed by atoms with E-state index in [-0.39, 0.29) is 18.2 Å². The van der Waals surface area contributed by atoms with Crippen molar-refractivity contribution >= 4 is 5.78 Å². The molecule has 0 atom stereocenters. The Morgan fingerprint density at radius 1 is 1.04 bits per heavy atom. The Morgan fingerprint density at radius 2 is 1.70 bits per heavy atom. The third kappa shape index (κ3) is 5.25. The number of hydrogen-bond acceptors (Lipinski definition) is 3. The van der Waals surface area contributed by atoms with E-state index in [1.807, 2.05) is 12.4 Å². The molecule has 1 aromatic carbocycles. The molecule has 0 fully saturated rings. The number of rotatable bonds is 7. The third-order valence-corrected chi connectivity index (χ3v) is 3.58. The van der Waals surface area contributed by atoms with E-state index in [0.717, 1.165) is 13.0 Å². The fraction of sp³-hybridized carbons (Fsp3) is 0.333. The fourth-order valence-corrected chi connectivity index (χ4v) is 2.26. The van der Waals surface area contributed by atoms with Gasteiger partial charge in [0.15, 0.2) is 29.7 Å². The first kappa shape index (κ1) is 19.0. The number of nitrogens with zero attached hydrogens (tertiary/aromatic N) is 1. The molecule has 0 aliphatic rings. The van der Waals surface area contributed by atoms with Crippen molar-refractivity contribution in [1.29, 1.82) is 0 Å². The summed E-state index contributed by atoms with van der Waals surface area (Å²) in [7, 11) is 3.15. The number of pyridine rings is 1. The number of methoxy groups -OCH3 is 2. The van der Waals surface area contributed by atoms with Crippen LogP contribution < -0.4 is 26.4 Å². The molecule has 0 unspecified atom stereocenters. The van der Waals surface area contributed by atoms with E-state index >= 15 is 0 Å². The summed E-state index contributed by atoms with van der Waals surface area (Å²) in [5.74, 6) is 1.34. The second-order valence-electron chi connectivity index (χ2n) is 5.21. The van der Waals surface area contributed by atoms with Gasteiger partial charge in [-0.2, -0.15) is 0 Å². The number of halogens is 1. The zero-order valence-electron chi connectivity index (χ0n) is 13.7. The average Bonchev–Trinajstić information content (AvgIpc) is 2.55. The van der Waals surface area contributed by atoms with Crippen LogP contribution in [0.25, 0.3) is 0 Å². The first-order valence-corrected chi connectivity index (χ1v) is 7.35. The van der Waals surface area contributed by atoms with Crippen LogP contribution in [0.4, 0.5) is 0 Å². The van der Waals surface area contributed by atoms with Crippen molar-refractivity contribution in [2.24, 2.45) is 0 Å². The average molecular weight is 336 g/mol. The molecule has 1 heterocycles. The van der Waals surface area contributed by atoms with Crippen molar-refractivity contribution in [3.05, 3.63) is 53.9 Å². The number of hydrogen-bond donors (Lipinski definition) is 0. The standard InChI is InChI=1S/C18H22NO3.ClH/c1-14-8-11-19(12-9-14)10-4-5-16(20)15-6-7-17(21-2)18(13-15)22-3;/h6-9,11-13H,4-5,10H2,1-3H3;1H/q+1;/p-1. The highest BCUT2D eigenvalue weighted by atomic mass is 35.5. The lowest BCUT2D eigenvalue weighted by atomic mass is 10.1. The predicted molar refractivity (Wildman–Crippen MR) is 84.5 cm³/mol. The summed E-state index contributed by atoms with van der Waals surface area (Å²) in [6, 6.07) is 9.41. The maximum atomic E-state index is 12.3. The minimum Gasteiger partial charge on any atom is -1.00 e. The molecule has 1 aromatic heterocycles. The van der Waals surface area contributed by atoms with Gasteiger partial charge in [0.1, 0.15) is 6.54 Å². The fourth-order valence-electron chi connectivity index (χ4n) is 2.26. The van der Waals surface area contributed by atoms with Crippen LogP contribution in [-0.2, 0) is 6.54 Å². The van der Waals surface area contributed by atoms with Crippen molar-refractivity contribution in [3.8, 4) is 11.5 Å². The summed E-state index contributed by atoms with van der Waals surface area (Å²) < 4.78 is 12.5. The normalized spacial score (nSPS) is 9.87. The molecule has 2 rings (SSSR count). The van der Waals surface area contributed by atoms with E-state index in [1.54, 1.807) is 32.4 Å². The number of aromatic nitrogens is 1. The highest BCUT2D eigenvalue weighted by Crippen LogP contribution is 2.28. The molecule has 4 nitrogen and oxygen atoms in total. The molecular weight excluding hydrogens is 314 g/mol. The Balaban J connectivity index is 0.00000264. The van der Waals surface area contributed by atoms with E-state index < -0.39 is 0 Å². The van der Waals surface area contributed by atoms with Crippen LogP contribution in [0.5, 0.6) is 11.5 Å². The molecular formula is C18H22ClNO3. The number of ether oxygens (including phenoxy) is 2. The van der Waals surface area contributed by atoms with Gasteiger partial charge in [-0.05, 0) is 30.7 Å². The van der Waals surface area contributed by atoms with Gasteiger partial charge in [-0.1, -0.05) is 0 Å². The Kier molecular flexibility index (Phi) is 7.55. The van der Waals surface area contributed by atoms with Gasteiger partial charge in [-0.15, -0.1) is 0 Å². The smallest absolute Gasteiger partial charge is 0.169 e. The van der Waals surface area contributed by atoms with Crippen LogP contribution in [0, 0.1) is 6.92 Å². The highest BCUT2D eigenvalue weighted by molar-refractivity contribution is 5.96. The van der Waals surface area contributed by atoms with E-state index in [4.69, 9.17) is 9.47 Å². The third-order valence-electron chi connectivity index (χ3n) is 3.58. The number of ketones is 1. The molecule has 0 aliphatic heterocycles. The molecule has 0 N–H and O–H groups in total. The minimum atomic E-state index is 0. The largest absolute Gasteiger partial charge is 1.00 e. The van der Waals surface area contributed by atoms with Gasteiger partial charge >= 0.3 is 0 Å². The number of carbonyl (C=O) groups is 1. The molecule has 5 heteroatoms. The monoisotopic (exact) mass is 335 g/mol. The zero-order valence-corrected chi connectivity index (χ0v) is 14.5. The van der Waals surface area contributed by atoms with E-state index in [2.05, 4.69) is 23.6 Å². The SMILES string of the molecule is COc1ccc(C(=O)CCC[n+]2ccc(C)cc2)cc1OC.[Cl-]. The molecule has 0 amide bonds. The van der Waals surface area contributed by atoms with Crippen LogP contribution in [0.3, 0.4) is 0 Å². The number of aryl methyl sites for hydroxylation is 2. The number of carbonyl (C=O) groups excluding carboxylic acids is 1. The van der Waals surface area contributed by atoms with Crippen LogP contribution in [0.2, 0.25) is 0 Å². The topological polar surface area (TPSA) is 39.4 Å². The molecule has 0 spiro atoms. The predicted octanol–water partition coefficient (Wildman–Crippen LogP) is -0.0332. The zero-order chi connectivity index (χ0) is 15.9. The molecule has 0 radical (unpaired) electrons. The van der Waals surface area contributed by atoms with Gasteiger partial charge in [-0.25, -0.2) is 4.57 Å². The molecule has 0 saturated carbocycles. The Bertz CT molecular complexity index is 641. The van der Waals surface area contributed by atoms with Gasteiger partial charge in [-0.3, -0.25) is 4.79 Å². The van der Waals surface area contributed by atoms with Gasteiger partial charge in [0.25, 0.3) is 0 Å². The molecule has 124 valence electrons. The summed E-state index contributed by atoms with van der Waals surface area (Å²) in [6.45, 7) is 2.89. The van der Waals surface area contributed by atoms with Gasteiger partial charge in [0.2, 0.25) is 0 Å². The van der Waals surface area contributed by atoms with E-state index in [9.17, 15) is 4.79 Å². The second kappa shape index (κ2) is 9.16. The first-order valence-electron chi connectivity index (χ1n) is 7.35. The van der Waals surface area contributed by atoms with Crippen molar-refractivity contribution in [3.63, 3.8) is 0 Å². The molecule has 0 bridgehead atoms. The lowest BCUT2D eigenvalue weighted by Gasteiger charge is -2.08. The van der Waals surface area contributed by atoms with Crippen molar-refractivity contribution < 1.29 is 31.2 Å². The summed E-state index contributed by atoms with van der Waals surface area (Å²) in [4.78, 5) is 12.3. The maximum absolute atomic E-state index is 12.3. The highest BCUT2D eigenvalue weighted by Gasteiger charge is 2.11. The lowest BCUT2D eigenvalue weighted by molar-refractivity contribution is -0.697. The van der Waals surface area contributed by atoms with Crippen LogP contribution >= 0.6 is 0 Å². The van der Waals surface area contributed by atoms with Crippen LogP contribution in [-0.4, -0.2) is 20.0 Å². The van der Waals surface area contributed by atoms with Crippen molar-refractivity contribution in [2.45, 2.75) is 26.3 Å². The number of Topliss-reactive ketones (excluding diaryl/α,β-unsaturated/α-hetero) is 1. The molecule has 0 saturated heterocycles. The maximum Gasteiger partial charge on any atom is 0.169 e. The lowest BCUT2D eigenvalue weighted by Crippen LogP contribution is -3.00. The van der Waals surface area contributed by atoms with Crippen molar-refractivity contribution in [1.82, 2.24) is 0 Å². The minimum absolute atomic E-state index is 0. The summed E-state index contributed by atoms with van der Waals surface area (Å²) in [5, 5.41) is 0. The van der Waals surface area contributed by atoms with Crippen LogP contribution in [0.1, 0.15) is 28.8 Å². The van der Waals surface area contributed by atoms with E-state index in [0.29, 0.717) is 23.5 Å². The van der Waals surface area contributed by atoms with Crippen LogP contribution in [0.15, 0.2) is 42.7 Å². The summed E-state index contributed by atoms with van der Waals surface area (Å²) in [5.41, 5.74) is 1.89. The Labute approximate surface area is 143 Å². The molecule has 2 aromatic rings. The molecule has 23 heavy (non-hydrogen) atoms. The Hall–Kier alpha value is -2.07. The summed E-state index contributed by atoms with van der Waals surface area (Å²) in [6.07, 6.45) is 5.39. The summed E-state index contributed by atoms with van der Waals surface area (Å²) >= 11 is 0. The van der Waals surface area contributed by atoms with E-state index in [1.165, 1.54) is 5.56 Å². The number of benzene rings is 1.